The van der Waals surface area contributed by atoms with Gasteiger partial charge < -0.3 is 10.6 Å². The van der Waals surface area contributed by atoms with E-state index < -0.39 is 50.8 Å². The van der Waals surface area contributed by atoms with E-state index in [2.05, 4.69) is 10.6 Å². The van der Waals surface area contributed by atoms with Crippen LogP contribution in [-0.2, 0) is 9.84 Å². The first-order chi connectivity index (χ1) is 13.9. The summed E-state index contributed by atoms with van der Waals surface area (Å²) in [6.07, 6.45) is 2.19. The molecule has 0 aromatic heterocycles. The Morgan fingerprint density at radius 2 is 1.77 bits per heavy atom. The fourth-order valence-corrected chi connectivity index (χ4v) is 3.38. The molecule has 0 aliphatic carbocycles. The number of carbonyl (C=O) groups excluding carboxylic acids is 1. The maximum absolute atomic E-state index is 14.5. The molecule has 2 N–H and O–H groups in total. The number of hydrogen-bond donors (Lipinski definition) is 2. The molecule has 10 heteroatoms. The maximum atomic E-state index is 14.5. The Hall–Kier alpha value is -2.52. The summed E-state index contributed by atoms with van der Waals surface area (Å²) in [5, 5.41) is 6.22. The van der Waals surface area contributed by atoms with Gasteiger partial charge in [-0.3, -0.25) is 4.79 Å². The van der Waals surface area contributed by atoms with Crippen LogP contribution < -0.4 is 10.6 Å². The van der Waals surface area contributed by atoms with Gasteiger partial charge in [0, 0.05) is 28.8 Å². The first kappa shape index (κ1) is 23.8. The lowest BCUT2D eigenvalue weighted by Gasteiger charge is -2.18. The zero-order valence-corrected chi connectivity index (χ0v) is 17.9. The molecule has 30 heavy (non-hydrogen) atoms. The van der Waals surface area contributed by atoms with Crippen molar-refractivity contribution in [2.75, 3.05) is 11.6 Å². The molecule has 0 radical (unpaired) electrons. The number of rotatable bonds is 7. The van der Waals surface area contributed by atoms with Crippen LogP contribution in [0.4, 0.5) is 18.9 Å². The van der Waals surface area contributed by atoms with E-state index in [1.54, 1.807) is 6.92 Å². The highest BCUT2D eigenvalue weighted by molar-refractivity contribution is 7.93. The molecule has 162 valence electrons. The van der Waals surface area contributed by atoms with E-state index in [-0.39, 0.29) is 10.7 Å². The van der Waals surface area contributed by atoms with Crippen LogP contribution in [0.5, 0.6) is 0 Å². The zero-order chi connectivity index (χ0) is 22.6. The Morgan fingerprint density at radius 3 is 2.40 bits per heavy atom. The summed E-state index contributed by atoms with van der Waals surface area (Å²) in [6, 6.07) is 3.87. The Bertz CT molecular complexity index is 1090. The van der Waals surface area contributed by atoms with Crippen LogP contribution in [-0.4, -0.2) is 26.6 Å². The van der Waals surface area contributed by atoms with E-state index in [1.165, 1.54) is 31.2 Å². The quantitative estimate of drug-likeness (QED) is 0.633. The lowest BCUT2D eigenvalue weighted by atomic mass is 10.1. The molecule has 0 bridgehead atoms. The Morgan fingerprint density at radius 1 is 1.10 bits per heavy atom. The van der Waals surface area contributed by atoms with Crippen molar-refractivity contribution in [3.63, 3.8) is 0 Å². The molecule has 0 fully saturated rings. The normalized spacial score (nSPS) is 13.8. The van der Waals surface area contributed by atoms with Crippen LogP contribution in [0.15, 0.2) is 41.8 Å². The monoisotopic (exact) mass is 460 g/mol. The van der Waals surface area contributed by atoms with Gasteiger partial charge in [0.25, 0.3) is 5.91 Å². The minimum absolute atomic E-state index is 0.234. The van der Waals surface area contributed by atoms with E-state index in [4.69, 9.17) is 11.6 Å². The molecule has 0 aliphatic heterocycles. The Kier molecular flexibility index (Phi) is 7.54. The second-order valence-electron chi connectivity index (χ2n) is 6.76. The number of amides is 1. The van der Waals surface area contributed by atoms with E-state index in [1.807, 2.05) is 0 Å². The van der Waals surface area contributed by atoms with E-state index >= 15 is 0 Å². The average Bonchev–Trinajstić information content (AvgIpc) is 2.64. The smallest absolute Gasteiger partial charge is 0.254 e. The maximum Gasteiger partial charge on any atom is 0.254 e. The molecule has 5 nitrogen and oxygen atoms in total. The fraction of sp³-hybridized carbons (Fsp3) is 0.250. The topological polar surface area (TPSA) is 75.3 Å². The number of halogens is 4. The van der Waals surface area contributed by atoms with Crippen LogP contribution in [0.25, 0.3) is 0 Å². The van der Waals surface area contributed by atoms with Gasteiger partial charge in [-0.1, -0.05) is 17.7 Å². The Labute approximate surface area is 177 Å². The number of carbonyl (C=O) groups is 1. The Balaban J connectivity index is 2.19. The highest BCUT2D eigenvalue weighted by Gasteiger charge is 2.19. The van der Waals surface area contributed by atoms with Gasteiger partial charge in [-0.15, -0.1) is 0 Å². The third-order valence-corrected chi connectivity index (χ3v) is 5.07. The van der Waals surface area contributed by atoms with Gasteiger partial charge in [0.15, 0.2) is 9.84 Å². The van der Waals surface area contributed by atoms with Gasteiger partial charge in [-0.05, 0) is 43.7 Å². The molecule has 0 saturated heterocycles. The molecule has 0 heterocycles. The minimum atomic E-state index is -3.39. The largest absolute Gasteiger partial charge is 0.376 e. The van der Waals surface area contributed by atoms with Crippen molar-refractivity contribution in [3.8, 4) is 0 Å². The second kappa shape index (κ2) is 9.53. The summed E-state index contributed by atoms with van der Waals surface area (Å²) in [6.45, 7) is 3.07. The van der Waals surface area contributed by atoms with E-state index in [0.29, 0.717) is 5.56 Å². The molecular weight excluding hydrogens is 441 g/mol. The van der Waals surface area contributed by atoms with Gasteiger partial charge in [0.2, 0.25) is 0 Å². The van der Waals surface area contributed by atoms with Crippen LogP contribution >= 0.6 is 11.6 Å². The molecule has 2 atom stereocenters. The molecule has 0 aliphatic rings. The van der Waals surface area contributed by atoms with Crippen molar-refractivity contribution in [2.45, 2.75) is 25.9 Å². The predicted molar refractivity (Wildman–Crippen MR) is 111 cm³/mol. The van der Waals surface area contributed by atoms with E-state index in [9.17, 15) is 26.4 Å². The van der Waals surface area contributed by atoms with Crippen molar-refractivity contribution >= 4 is 33.0 Å². The standard InChI is InChI=1S/C20H20ClF3N2O3S/c1-11(6-7-30(3,28)29)25-20(27)15-9-18(24)19(10-17(15)23)26-12(2)14-8-13(22)4-5-16(14)21/h4-12,26H,1-3H3,(H,25,27)/b7-6+/t11-,12-/m1/s1. The molecule has 2 aromatic rings. The molecule has 1 amide bonds. The molecule has 0 spiro atoms. The summed E-state index contributed by atoms with van der Waals surface area (Å²) in [4.78, 5) is 12.2. The van der Waals surface area contributed by atoms with Crippen molar-refractivity contribution < 1.29 is 26.4 Å². The molecule has 2 aromatic carbocycles. The molecular formula is C20H20ClF3N2O3S. The average molecular weight is 461 g/mol. The fourth-order valence-electron chi connectivity index (χ4n) is 2.58. The van der Waals surface area contributed by atoms with Gasteiger partial charge in [0.1, 0.15) is 17.5 Å². The van der Waals surface area contributed by atoms with E-state index in [0.717, 1.165) is 23.8 Å². The third kappa shape index (κ3) is 6.50. The van der Waals surface area contributed by atoms with Crippen molar-refractivity contribution in [2.24, 2.45) is 0 Å². The number of benzene rings is 2. The number of sulfone groups is 1. The molecule has 0 unspecified atom stereocenters. The minimum Gasteiger partial charge on any atom is -0.376 e. The summed E-state index contributed by atoms with van der Waals surface area (Å²) in [7, 11) is -3.39. The van der Waals surface area contributed by atoms with Gasteiger partial charge in [-0.25, -0.2) is 21.6 Å². The van der Waals surface area contributed by atoms with Crippen LogP contribution in [0, 0.1) is 17.5 Å². The molecule has 0 saturated carbocycles. The van der Waals surface area contributed by atoms with Crippen LogP contribution in [0.3, 0.4) is 0 Å². The predicted octanol–water partition coefficient (Wildman–Crippen LogP) is 4.61. The summed E-state index contributed by atoms with van der Waals surface area (Å²) in [5.41, 5.74) is -0.430. The SMILES string of the molecule is C[C@H](/C=C/S(C)(=O)=O)NC(=O)c1cc(F)c(N[C@H](C)c2cc(F)ccc2Cl)cc1F. The number of nitrogens with one attached hydrogen (secondary N) is 2. The lowest BCUT2D eigenvalue weighted by molar-refractivity contribution is 0.0942. The highest BCUT2D eigenvalue weighted by Crippen LogP contribution is 2.29. The highest BCUT2D eigenvalue weighted by atomic mass is 35.5. The zero-order valence-electron chi connectivity index (χ0n) is 16.3. The number of hydrogen-bond acceptors (Lipinski definition) is 4. The third-order valence-electron chi connectivity index (χ3n) is 4.07. The van der Waals surface area contributed by atoms with Gasteiger partial charge in [-0.2, -0.15) is 0 Å². The summed E-state index contributed by atoms with van der Waals surface area (Å²) >= 11 is 6.03. The van der Waals surface area contributed by atoms with Crippen molar-refractivity contribution in [3.05, 3.63) is 75.4 Å². The molecule has 2 rings (SSSR count). The van der Waals surface area contributed by atoms with Crippen molar-refractivity contribution in [1.82, 2.24) is 5.32 Å². The van der Waals surface area contributed by atoms with Gasteiger partial charge in [0.05, 0.1) is 17.3 Å². The first-order valence-electron chi connectivity index (χ1n) is 8.77. The summed E-state index contributed by atoms with van der Waals surface area (Å²) in [5.74, 6) is -3.33. The van der Waals surface area contributed by atoms with Crippen molar-refractivity contribution in [1.29, 1.82) is 0 Å². The summed E-state index contributed by atoms with van der Waals surface area (Å²) < 4.78 is 64.6. The van der Waals surface area contributed by atoms with Gasteiger partial charge >= 0.3 is 0 Å². The second-order valence-corrected chi connectivity index (χ2v) is 9.10. The lowest BCUT2D eigenvalue weighted by Crippen LogP contribution is -2.32. The van der Waals surface area contributed by atoms with Crippen LogP contribution in [0.1, 0.15) is 35.8 Å². The number of anilines is 1. The van der Waals surface area contributed by atoms with Crippen LogP contribution in [0.2, 0.25) is 5.02 Å². The first-order valence-corrected chi connectivity index (χ1v) is 11.1.